The smallest absolute Gasteiger partial charge is 0.322 e. The summed E-state index contributed by atoms with van der Waals surface area (Å²) in [6, 6.07) is 8.60. The number of pyridine rings is 1. The first-order valence-electron chi connectivity index (χ1n) is 10.0. The normalized spacial score (nSPS) is 14.2. The second-order valence-electron chi connectivity index (χ2n) is 7.43. The van der Waals surface area contributed by atoms with E-state index in [2.05, 4.69) is 40.1 Å². The summed E-state index contributed by atoms with van der Waals surface area (Å²) in [5.74, 6) is -0.319. The molecule has 2 aromatic heterocycles. The van der Waals surface area contributed by atoms with E-state index in [1.165, 1.54) is 17.2 Å². The van der Waals surface area contributed by atoms with E-state index in [-0.39, 0.29) is 11.8 Å². The fourth-order valence-corrected chi connectivity index (χ4v) is 3.76. The number of nitrogens with zero attached hydrogens (tertiary/aromatic N) is 3. The van der Waals surface area contributed by atoms with Gasteiger partial charge in [0, 0.05) is 48.7 Å². The van der Waals surface area contributed by atoms with Crippen molar-refractivity contribution in [3.05, 3.63) is 65.7 Å². The lowest BCUT2D eigenvalue weighted by Crippen LogP contribution is -2.37. The summed E-state index contributed by atoms with van der Waals surface area (Å²) in [6.07, 6.45) is 7.93. The van der Waals surface area contributed by atoms with Crippen LogP contribution in [0, 0.1) is 12.7 Å². The van der Waals surface area contributed by atoms with E-state index in [1.807, 2.05) is 12.3 Å². The molecular formula is C23H25FN4O. The van der Waals surface area contributed by atoms with Crippen molar-refractivity contribution in [3.63, 3.8) is 0 Å². The molecule has 1 aliphatic rings. The molecule has 29 heavy (non-hydrogen) atoms. The predicted octanol–water partition coefficient (Wildman–Crippen LogP) is 5.22. The second-order valence-corrected chi connectivity index (χ2v) is 7.43. The maximum Gasteiger partial charge on any atom is 0.322 e. The van der Waals surface area contributed by atoms with Crippen molar-refractivity contribution in [2.75, 3.05) is 18.4 Å². The van der Waals surface area contributed by atoms with Crippen molar-refractivity contribution >= 4 is 28.3 Å². The molecule has 0 saturated carbocycles. The first-order chi connectivity index (χ1) is 14.1. The number of amides is 2. The van der Waals surface area contributed by atoms with E-state index in [9.17, 15) is 9.18 Å². The van der Waals surface area contributed by atoms with Crippen LogP contribution in [0.4, 0.5) is 14.9 Å². The number of nitrogens with one attached hydrogen (secondary N) is 1. The monoisotopic (exact) mass is 392 g/mol. The summed E-state index contributed by atoms with van der Waals surface area (Å²) in [7, 11) is 0. The first-order valence-corrected chi connectivity index (χ1v) is 10.0. The number of anilines is 1. The van der Waals surface area contributed by atoms with Crippen LogP contribution >= 0.6 is 0 Å². The molecule has 0 aliphatic carbocycles. The highest BCUT2D eigenvalue weighted by molar-refractivity contribution is 5.93. The summed E-state index contributed by atoms with van der Waals surface area (Å²) in [4.78, 5) is 18.8. The second kappa shape index (κ2) is 8.07. The van der Waals surface area contributed by atoms with Crippen LogP contribution in [0.25, 0.3) is 16.6 Å². The topological polar surface area (TPSA) is 50.2 Å². The summed E-state index contributed by atoms with van der Waals surface area (Å²) in [5.41, 5.74) is 4.48. The maximum absolute atomic E-state index is 13.7. The molecule has 0 atom stereocenters. The highest BCUT2D eigenvalue weighted by Crippen LogP contribution is 2.30. The van der Waals surface area contributed by atoms with Crippen LogP contribution in [-0.2, 0) is 6.54 Å². The van der Waals surface area contributed by atoms with Gasteiger partial charge in [0.2, 0.25) is 0 Å². The largest absolute Gasteiger partial charge is 0.332 e. The maximum atomic E-state index is 13.7. The molecule has 1 aromatic carbocycles. The minimum absolute atomic E-state index is 0.210. The van der Waals surface area contributed by atoms with Crippen molar-refractivity contribution in [2.45, 2.75) is 33.2 Å². The van der Waals surface area contributed by atoms with Gasteiger partial charge in [-0.3, -0.25) is 0 Å². The molecule has 3 aromatic rings. The van der Waals surface area contributed by atoms with Crippen molar-refractivity contribution in [2.24, 2.45) is 0 Å². The van der Waals surface area contributed by atoms with Crippen LogP contribution in [0.2, 0.25) is 0 Å². The molecule has 1 N–H and O–H groups in total. The molecule has 4 rings (SSSR count). The highest BCUT2D eigenvalue weighted by atomic mass is 19.1. The fraction of sp³-hybridized carbons (Fsp3) is 0.304. The summed E-state index contributed by atoms with van der Waals surface area (Å²) in [6.45, 7) is 5.93. The lowest BCUT2D eigenvalue weighted by molar-refractivity contribution is 0.217. The number of aromatic nitrogens is 2. The highest BCUT2D eigenvalue weighted by Gasteiger charge is 2.20. The average molecular weight is 392 g/mol. The third-order valence-electron chi connectivity index (χ3n) is 5.36. The van der Waals surface area contributed by atoms with Crippen LogP contribution < -0.4 is 5.32 Å². The number of carbonyl (C=O) groups is 1. The van der Waals surface area contributed by atoms with Crippen LogP contribution in [0.1, 0.15) is 30.9 Å². The van der Waals surface area contributed by atoms with Crippen LogP contribution in [-0.4, -0.2) is 33.6 Å². The van der Waals surface area contributed by atoms with Gasteiger partial charge >= 0.3 is 6.03 Å². The van der Waals surface area contributed by atoms with Gasteiger partial charge < -0.3 is 14.8 Å². The Hall–Kier alpha value is -3.15. The van der Waals surface area contributed by atoms with Crippen LogP contribution in [0.15, 0.2) is 48.8 Å². The Balaban J connectivity index is 1.50. The predicted molar refractivity (Wildman–Crippen MR) is 114 cm³/mol. The van der Waals surface area contributed by atoms with Crippen LogP contribution in [0.5, 0.6) is 0 Å². The standard InChI is InChI=1S/C23H25FN4O/c1-3-11-28-15-20(19-5-4-10-25-22(19)28)17-8-12-27(13-9-17)23(29)26-18-7-6-16(2)21(24)14-18/h4-8,10,14-15H,3,9,11-13H2,1-2H3,(H,26,29). The Morgan fingerprint density at radius 2 is 2.17 bits per heavy atom. The van der Waals surface area contributed by atoms with Gasteiger partial charge in [-0.05, 0) is 55.2 Å². The molecule has 2 amide bonds. The number of fused-ring (bicyclic) bond motifs is 1. The zero-order chi connectivity index (χ0) is 20.4. The zero-order valence-corrected chi connectivity index (χ0v) is 16.8. The van der Waals surface area contributed by atoms with Gasteiger partial charge in [-0.25, -0.2) is 14.2 Å². The SMILES string of the molecule is CCCn1cc(C2=CCN(C(=O)Nc3ccc(C)c(F)c3)CC2)c2cccnc21. The molecule has 5 nitrogen and oxygen atoms in total. The minimum atomic E-state index is -0.319. The molecular weight excluding hydrogens is 367 g/mol. The van der Waals surface area contributed by atoms with E-state index in [0.717, 1.165) is 30.4 Å². The Morgan fingerprint density at radius 3 is 2.90 bits per heavy atom. The zero-order valence-electron chi connectivity index (χ0n) is 16.8. The molecule has 150 valence electrons. The molecule has 0 radical (unpaired) electrons. The Kier molecular flexibility index (Phi) is 5.34. The van der Waals surface area contributed by atoms with Crippen molar-refractivity contribution < 1.29 is 9.18 Å². The number of aryl methyl sites for hydroxylation is 2. The van der Waals surface area contributed by atoms with E-state index < -0.39 is 0 Å². The Labute approximate surface area is 169 Å². The fourth-order valence-electron chi connectivity index (χ4n) is 3.76. The Morgan fingerprint density at radius 1 is 1.31 bits per heavy atom. The quantitative estimate of drug-likeness (QED) is 0.662. The molecule has 3 heterocycles. The van der Waals surface area contributed by atoms with Gasteiger partial charge in [-0.1, -0.05) is 19.1 Å². The van der Waals surface area contributed by atoms with Crippen molar-refractivity contribution in [1.29, 1.82) is 0 Å². The van der Waals surface area contributed by atoms with E-state index in [4.69, 9.17) is 0 Å². The number of halogens is 1. The molecule has 0 fully saturated rings. The molecule has 0 spiro atoms. The number of urea groups is 1. The Bertz CT molecular complexity index is 1090. The van der Waals surface area contributed by atoms with E-state index >= 15 is 0 Å². The molecule has 6 heteroatoms. The van der Waals surface area contributed by atoms with Gasteiger partial charge in [-0.15, -0.1) is 0 Å². The van der Waals surface area contributed by atoms with Gasteiger partial charge in [0.15, 0.2) is 0 Å². The molecule has 0 saturated heterocycles. The third kappa shape index (κ3) is 3.88. The van der Waals surface area contributed by atoms with Gasteiger partial charge in [0.25, 0.3) is 0 Å². The number of carbonyl (C=O) groups excluding carboxylic acids is 1. The number of hydrogen-bond donors (Lipinski definition) is 1. The lowest BCUT2D eigenvalue weighted by atomic mass is 10.00. The summed E-state index contributed by atoms with van der Waals surface area (Å²) in [5, 5.41) is 3.94. The van der Waals surface area contributed by atoms with Gasteiger partial charge in [0.1, 0.15) is 11.5 Å². The van der Waals surface area contributed by atoms with Crippen molar-refractivity contribution in [1.82, 2.24) is 14.5 Å². The molecule has 0 unspecified atom stereocenters. The van der Waals surface area contributed by atoms with Gasteiger partial charge in [-0.2, -0.15) is 0 Å². The van der Waals surface area contributed by atoms with Crippen LogP contribution in [0.3, 0.4) is 0 Å². The third-order valence-corrected chi connectivity index (χ3v) is 5.36. The van der Waals surface area contributed by atoms with E-state index in [0.29, 0.717) is 24.3 Å². The summed E-state index contributed by atoms with van der Waals surface area (Å²) < 4.78 is 15.9. The molecule has 1 aliphatic heterocycles. The van der Waals surface area contributed by atoms with Gasteiger partial charge in [0.05, 0.1) is 0 Å². The minimum Gasteiger partial charge on any atom is -0.332 e. The van der Waals surface area contributed by atoms with E-state index in [1.54, 1.807) is 24.0 Å². The number of hydrogen-bond acceptors (Lipinski definition) is 2. The lowest BCUT2D eigenvalue weighted by Gasteiger charge is -2.26. The van der Waals surface area contributed by atoms with Crippen molar-refractivity contribution in [3.8, 4) is 0 Å². The molecule has 0 bridgehead atoms. The number of rotatable bonds is 4. The average Bonchev–Trinajstić information content (AvgIpc) is 3.10. The first kappa shape index (κ1) is 19.2. The number of benzene rings is 1. The summed E-state index contributed by atoms with van der Waals surface area (Å²) >= 11 is 0.